The molecule has 7 heteroatoms. The zero-order chi connectivity index (χ0) is 21.8. The number of carbonyl (C=O) groups excluding carboxylic acids is 3. The lowest BCUT2D eigenvalue weighted by atomic mass is 10.0. The molecule has 2 aromatic rings. The van der Waals surface area contributed by atoms with Crippen molar-refractivity contribution in [3.8, 4) is 0 Å². The quantitative estimate of drug-likeness (QED) is 0.726. The lowest BCUT2D eigenvalue weighted by Crippen LogP contribution is -2.47. The minimum atomic E-state index is -0.701. The first-order valence-electron chi connectivity index (χ1n) is 10.0. The molecule has 0 spiro atoms. The number of carbonyl (C=O) groups is 3. The second-order valence-electron chi connectivity index (χ2n) is 7.84. The van der Waals surface area contributed by atoms with Gasteiger partial charge in [-0.1, -0.05) is 25.4 Å². The van der Waals surface area contributed by atoms with Crippen LogP contribution in [0.15, 0.2) is 42.5 Å². The molecule has 1 atom stereocenters. The zero-order valence-electron chi connectivity index (χ0n) is 17.4. The number of rotatable bonds is 6. The molecular weight excluding hydrogens is 402 g/mol. The summed E-state index contributed by atoms with van der Waals surface area (Å²) in [7, 11) is 0. The highest BCUT2D eigenvalue weighted by molar-refractivity contribution is 6.30. The van der Waals surface area contributed by atoms with Gasteiger partial charge in [0, 0.05) is 34.9 Å². The highest BCUT2D eigenvalue weighted by Crippen LogP contribution is 2.27. The third kappa shape index (κ3) is 5.00. The first kappa shape index (κ1) is 21.8. The van der Waals surface area contributed by atoms with Crippen molar-refractivity contribution in [1.82, 2.24) is 5.32 Å². The Kier molecular flexibility index (Phi) is 6.77. The number of amides is 3. The molecule has 0 aliphatic carbocycles. The number of hydrogen-bond acceptors (Lipinski definition) is 3. The van der Waals surface area contributed by atoms with E-state index in [0.29, 0.717) is 22.7 Å². The highest BCUT2D eigenvalue weighted by Gasteiger charge is 2.26. The van der Waals surface area contributed by atoms with Crippen molar-refractivity contribution >= 4 is 40.7 Å². The Labute approximate surface area is 181 Å². The van der Waals surface area contributed by atoms with E-state index in [1.54, 1.807) is 35.2 Å². The van der Waals surface area contributed by atoms with Gasteiger partial charge in [-0.2, -0.15) is 0 Å². The molecule has 1 saturated heterocycles. The molecule has 2 N–H and O–H groups in total. The standard InChI is InChI=1S/C23H26ClN3O3/c1-14(2)21(26-22(29)16-6-8-17(24)9-7-16)23(30)25-18-10-11-19(15(3)13-18)27-12-4-5-20(27)28/h6-11,13-14,21H,4-5,12H2,1-3H3,(H,25,30)(H,26,29). The molecule has 1 aliphatic heterocycles. The van der Waals surface area contributed by atoms with E-state index in [4.69, 9.17) is 11.6 Å². The van der Waals surface area contributed by atoms with E-state index in [2.05, 4.69) is 10.6 Å². The minimum Gasteiger partial charge on any atom is -0.340 e. The van der Waals surface area contributed by atoms with Crippen LogP contribution >= 0.6 is 11.6 Å². The monoisotopic (exact) mass is 427 g/mol. The number of aryl methyl sites for hydroxylation is 1. The molecule has 3 amide bonds. The lowest BCUT2D eigenvalue weighted by molar-refractivity contribution is -0.119. The number of benzene rings is 2. The van der Waals surface area contributed by atoms with Crippen LogP contribution in [0.2, 0.25) is 5.02 Å². The number of halogens is 1. The molecule has 158 valence electrons. The van der Waals surface area contributed by atoms with Crippen LogP contribution < -0.4 is 15.5 Å². The van der Waals surface area contributed by atoms with Crippen LogP contribution in [-0.2, 0) is 9.59 Å². The summed E-state index contributed by atoms with van der Waals surface area (Å²) in [5, 5.41) is 6.22. The SMILES string of the molecule is Cc1cc(NC(=O)C(NC(=O)c2ccc(Cl)cc2)C(C)C)ccc1N1CCCC1=O. The van der Waals surface area contributed by atoms with Gasteiger partial charge in [0.2, 0.25) is 11.8 Å². The van der Waals surface area contributed by atoms with Crippen molar-refractivity contribution in [1.29, 1.82) is 0 Å². The molecule has 1 fully saturated rings. The van der Waals surface area contributed by atoms with Crippen LogP contribution in [0.3, 0.4) is 0 Å². The summed E-state index contributed by atoms with van der Waals surface area (Å²) in [6.45, 7) is 6.38. The normalized spacial score (nSPS) is 14.7. The lowest BCUT2D eigenvalue weighted by Gasteiger charge is -2.23. The highest BCUT2D eigenvalue weighted by atomic mass is 35.5. The summed E-state index contributed by atoms with van der Waals surface area (Å²) in [4.78, 5) is 39.2. The predicted molar refractivity (Wildman–Crippen MR) is 119 cm³/mol. The van der Waals surface area contributed by atoms with Gasteiger partial charge in [0.25, 0.3) is 5.91 Å². The van der Waals surface area contributed by atoms with Gasteiger partial charge < -0.3 is 15.5 Å². The van der Waals surface area contributed by atoms with Gasteiger partial charge in [0.1, 0.15) is 6.04 Å². The number of nitrogens with zero attached hydrogens (tertiary/aromatic N) is 1. The number of nitrogens with one attached hydrogen (secondary N) is 2. The summed E-state index contributed by atoms with van der Waals surface area (Å²) in [6, 6.07) is 11.3. The molecular formula is C23H26ClN3O3. The van der Waals surface area contributed by atoms with Crippen LogP contribution in [-0.4, -0.2) is 30.3 Å². The van der Waals surface area contributed by atoms with Crippen molar-refractivity contribution in [2.24, 2.45) is 5.92 Å². The maximum atomic E-state index is 12.9. The van der Waals surface area contributed by atoms with E-state index in [-0.39, 0.29) is 23.6 Å². The molecule has 0 saturated carbocycles. The molecule has 3 rings (SSSR count). The van der Waals surface area contributed by atoms with Crippen molar-refractivity contribution in [2.75, 3.05) is 16.8 Å². The molecule has 1 aliphatic rings. The van der Waals surface area contributed by atoms with E-state index in [9.17, 15) is 14.4 Å². The Morgan fingerprint density at radius 3 is 2.37 bits per heavy atom. The Bertz CT molecular complexity index is 957. The summed E-state index contributed by atoms with van der Waals surface area (Å²) in [6.07, 6.45) is 1.43. The number of hydrogen-bond donors (Lipinski definition) is 2. The number of anilines is 2. The van der Waals surface area contributed by atoms with Crippen LogP contribution in [0.25, 0.3) is 0 Å². The molecule has 30 heavy (non-hydrogen) atoms. The summed E-state index contributed by atoms with van der Waals surface area (Å²) in [5.41, 5.74) is 2.84. The third-order valence-electron chi connectivity index (χ3n) is 5.17. The zero-order valence-corrected chi connectivity index (χ0v) is 18.1. The van der Waals surface area contributed by atoms with Gasteiger partial charge in [-0.3, -0.25) is 14.4 Å². The Morgan fingerprint density at radius 2 is 1.80 bits per heavy atom. The Balaban J connectivity index is 1.70. The van der Waals surface area contributed by atoms with E-state index < -0.39 is 6.04 Å². The second kappa shape index (κ2) is 9.30. The molecule has 0 aromatic heterocycles. The average molecular weight is 428 g/mol. The minimum absolute atomic E-state index is 0.108. The third-order valence-corrected chi connectivity index (χ3v) is 5.42. The predicted octanol–water partition coefficient (Wildman–Crippen LogP) is 4.17. The van der Waals surface area contributed by atoms with E-state index >= 15 is 0 Å². The molecule has 6 nitrogen and oxygen atoms in total. The fourth-order valence-corrected chi connectivity index (χ4v) is 3.65. The van der Waals surface area contributed by atoms with E-state index in [1.165, 1.54) is 0 Å². The molecule has 0 radical (unpaired) electrons. The molecule has 0 bridgehead atoms. The molecule has 1 unspecified atom stereocenters. The largest absolute Gasteiger partial charge is 0.340 e. The van der Waals surface area contributed by atoms with Crippen LogP contribution in [0, 0.1) is 12.8 Å². The fraction of sp³-hybridized carbons (Fsp3) is 0.348. The molecule has 2 aromatic carbocycles. The van der Waals surface area contributed by atoms with Gasteiger partial charge in [-0.05, 0) is 67.3 Å². The fourth-order valence-electron chi connectivity index (χ4n) is 3.52. The molecule has 1 heterocycles. The van der Waals surface area contributed by atoms with E-state index in [1.807, 2.05) is 32.9 Å². The smallest absolute Gasteiger partial charge is 0.251 e. The first-order chi connectivity index (χ1) is 14.3. The maximum Gasteiger partial charge on any atom is 0.251 e. The summed E-state index contributed by atoms with van der Waals surface area (Å²) < 4.78 is 0. The van der Waals surface area contributed by atoms with E-state index in [0.717, 1.165) is 24.2 Å². The van der Waals surface area contributed by atoms with Gasteiger partial charge in [-0.15, -0.1) is 0 Å². The maximum absolute atomic E-state index is 12.9. The summed E-state index contributed by atoms with van der Waals surface area (Å²) in [5.74, 6) is -0.611. The first-order valence-corrected chi connectivity index (χ1v) is 10.4. The van der Waals surface area contributed by atoms with Crippen LogP contribution in [0.5, 0.6) is 0 Å². The van der Waals surface area contributed by atoms with Gasteiger partial charge in [-0.25, -0.2) is 0 Å². The Hall–Kier alpha value is -2.86. The van der Waals surface area contributed by atoms with Crippen molar-refractivity contribution < 1.29 is 14.4 Å². The van der Waals surface area contributed by atoms with Gasteiger partial charge in [0.15, 0.2) is 0 Å². The Morgan fingerprint density at radius 1 is 1.10 bits per heavy atom. The van der Waals surface area contributed by atoms with Crippen molar-refractivity contribution in [3.05, 3.63) is 58.6 Å². The van der Waals surface area contributed by atoms with Crippen LogP contribution in [0.1, 0.15) is 42.6 Å². The van der Waals surface area contributed by atoms with Crippen molar-refractivity contribution in [3.63, 3.8) is 0 Å². The summed E-state index contributed by atoms with van der Waals surface area (Å²) >= 11 is 5.87. The average Bonchev–Trinajstić information content (AvgIpc) is 3.12. The van der Waals surface area contributed by atoms with Crippen molar-refractivity contribution in [2.45, 2.75) is 39.7 Å². The topological polar surface area (TPSA) is 78.5 Å². The second-order valence-corrected chi connectivity index (χ2v) is 8.28. The van der Waals surface area contributed by atoms with Gasteiger partial charge >= 0.3 is 0 Å². The van der Waals surface area contributed by atoms with Crippen LogP contribution in [0.4, 0.5) is 11.4 Å². The van der Waals surface area contributed by atoms with Gasteiger partial charge in [0.05, 0.1) is 0 Å².